The zero-order valence-electron chi connectivity index (χ0n) is 7.99. The van der Waals surface area contributed by atoms with Crippen LogP contribution in [-0.4, -0.2) is 17.3 Å². The Morgan fingerprint density at radius 2 is 2.14 bits per heavy atom. The molecule has 0 bridgehead atoms. The van der Waals surface area contributed by atoms with E-state index in [0.29, 0.717) is 6.61 Å². The predicted molar refractivity (Wildman–Crippen MR) is 61.4 cm³/mol. The van der Waals surface area contributed by atoms with Gasteiger partial charge in [0.05, 0.1) is 12.3 Å². The molecule has 1 aliphatic heterocycles. The third-order valence-corrected chi connectivity index (χ3v) is 2.31. The van der Waals surface area contributed by atoms with Crippen LogP contribution in [0, 0.1) is 0 Å². The first kappa shape index (κ1) is 9.34. The highest BCUT2D eigenvalue weighted by molar-refractivity contribution is 7.80. The first-order valence-electron chi connectivity index (χ1n) is 4.64. The number of hydrogen-bond acceptors (Lipinski definition) is 2. The molecule has 0 aromatic heterocycles. The first-order chi connectivity index (χ1) is 6.81. The van der Waals surface area contributed by atoms with E-state index in [4.69, 9.17) is 17.0 Å². The zero-order valence-corrected chi connectivity index (χ0v) is 8.80. The molecule has 0 spiro atoms. The Morgan fingerprint density at radius 1 is 1.43 bits per heavy atom. The van der Waals surface area contributed by atoms with Gasteiger partial charge < -0.3 is 4.74 Å². The van der Waals surface area contributed by atoms with E-state index in [-0.39, 0.29) is 0 Å². The molecule has 0 unspecified atom stereocenters. The second-order valence-electron chi connectivity index (χ2n) is 3.06. The van der Waals surface area contributed by atoms with Crippen LogP contribution in [0.4, 0.5) is 0 Å². The van der Waals surface area contributed by atoms with E-state index >= 15 is 0 Å². The van der Waals surface area contributed by atoms with Gasteiger partial charge in [-0.15, -0.1) is 0 Å². The van der Waals surface area contributed by atoms with E-state index in [9.17, 15) is 0 Å². The van der Waals surface area contributed by atoms with Crippen molar-refractivity contribution in [3.63, 3.8) is 0 Å². The normalized spacial score (nSPS) is 14.6. The maximum atomic E-state index is 5.50. The van der Waals surface area contributed by atoms with Crippen molar-refractivity contribution in [3.8, 4) is 5.75 Å². The summed E-state index contributed by atoms with van der Waals surface area (Å²) < 4.78 is 5.50. The first-order valence-corrected chi connectivity index (χ1v) is 5.04. The molecule has 1 aromatic rings. The summed E-state index contributed by atoms with van der Waals surface area (Å²) >= 11 is 4.94. The minimum atomic E-state index is 0.675. The topological polar surface area (TPSA) is 21.6 Å². The fraction of sp³-hybridized carbons (Fsp3) is 0.273. The third kappa shape index (κ3) is 1.68. The lowest BCUT2D eigenvalue weighted by molar-refractivity contribution is 0.339. The molecule has 3 heteroatoms. The van der Waals surface area contributed by atoms with Crippen LogP contribution in [-0.2, 0) is 0 Å². The van der Waals surface area contributed by atoms with Crippen LogP contribution in [0.3, 0.4) is 0 Å². The smallest absolute Gasteiger partial charge is 0.128 e. The van der Waals surface area contributed by atoms with Crippen molar-refractivity contribution in [3.05, 3.63) is 29.8 Å². The average molecular weight is 205 g/mol. The molecule has 0 atom stereocenters. The number of para-hydroxylation sites is 1. The van der Waals surface area contributed by atoms with Crippen molar-refractivity contribution in [2.45, 2.75) is 13.3 Å². The number of aliphatic imine (C=N–C) groups is 1. The maximum absolute atomic E-state index is 5.50. The largest absolute Gasteiger partial charge is 0.493 e. The lowest BCUT2D eigenvalue weighted by atomic mass is 10.0. The van der Waals surface area contributed by atoms with Crippen LogP contribution < -0.4 is 4.74 Å². The summed E-state index contributed by atoms with van der Waals surface area (Å²) in [6, 6.07) is 7.93. The van der Waals surface area contributed by atoms with Crippen molar-refractivity contribution in [2.24, 2.45) is 4.99 Å². The second-order valence-corrected chi connectivity index (χ2v) is 3.53. The quantitative estimate of drug-likeness (QED) is 0.707. The summed E-state index contributed by atoms with van der Waals surface area (Å²) in [5.74, 6) is 0.899. The van der Waals surface area contributed by atoms with Gasteiger partial charge in [0, 0.05) is 12.0 Å². The van der Waals surface area contributed by atoms with E-state index < -0.39 is 0 Å². The molecule has 1 aliphatic rings. The minimum absolute atomic E-state index is 0.675. The Balaban J connectivity index is 2.32. The fourth-order valence-electron chi connectivity index (χ4n) is 1.42. The summed E-state index contributed by atoms with van der Waals surface area (Å²) in [7, 11) is 0. The summed E-state index contributed by atoms with van der Waals surface area (Å²) in [4.78, 5) is 4.99. The van der Waals surface area contributed by atoms with Gasteiger partial charge in [-0.3, -0.25) is 0 Å². The molecule has 0 amide bonds. The summed E-state index contributed by atoms with van der Waals surface area (Å²) in [6.07, 6.45) is 0.805. The third-order valence-electron chi connectivity index (χ3n) is 2.08. The predicted octanol–water partition coefficient (Wildman–Crippen LogP) is 2.61. The molecule has 0 saturated heterocycles. The Hall–Kier alpha value is -1.22. The molecule has 0 radical (unpaired) electrons. The van der Waals surface area contributed by atoms with Crippen molar-refractivity contribution in [1.82, 2.24) is 0 Å². The highest BCUT2D eigenvalue weighted by Crippen LogP contribution is 2.24. The molecule has 14 heavy (non-hydrogen) atoms. The van der Waals surface area contributed by atoms with Gasteiger partial charge in [-0.1, -0.05) is 24.4 Å². The minimum Gasteiger partial charge on any atom is -0.493 e. The molecule has 0 N–H and O–H groups in total. The molecule has 0 aliphatic carbocycles. The lowest BCUT2D eigenvalue weighted by Crippen LogP contribution is -2.18. The van der Waals surface area contributed by atoms with Gasteiger partial charge in [0.15, 0.2) is 0 Å². The van der Waals surface area contributed by atoms with Crippen LogP contribution in [0.15, 0.2) is 29.3 Å². The van der Waals surface area contributed by atoms with Gasteiger partial charge >= 0.3 is 0 Å². The molecule has 1 aromatic carbocycles. The highest BCUT2D eigenvalue weighted by Gasteiger charge is 2.18. The molecular formula is C11H11NOS. The van der Waals surface area contributed by atoms with Crippen molar-refractivity contribution >= 4 is 22.9 Å². The van der Waals surface area contributed by atoms with Crippen LogP contribution in [0.25, 0.3) is 0 Å². The SMILES string of the molecule is CCOc1ccccc1C1=NC(=S)C1. The number of benzene rings is 1. The summed E-state index contributed by atoms with van der Waals surface area (Å²) in [5, 5.41) is 0. The number of rotatable bonds is 3. The fourth-order valence-corrected chi connectivity index (χ4v) is 1.67. The van der Waals surface area contributed by atoms with E-state index in [0.717, 1.165) is 28.4 Å². The molecule has 0 saturated carbocycles. The van der Waals surface area contributed by atoms with Gasteiger partial charge in [0.25, 0.3) is 0 Å². The Kier molecular flexibility index (Phi) is 2.59. The summed E-state index contributed by atoms with van der Waals surface area (Å²) in [5.41, 5.74) is 2.11. The van der Waals surface area contributed by atoms with Gasteiger partial charge in [-0.2, -0.15) is 0 Å². The Bertz CT molecular complexity index is 398. The lowest BCUT2D eigenvalue weighted by Gasteiger charge is -2.17. The molecule has 2 nitrogen and oxygen atoms in total. The molecular weight excluding hydrogens is 194 g/mol. The number of thiocarbonyl (C=S) groups is 1. The van der Waals surface area contributed by atoms with Crippen molar-refractivity contribution in [1.29, 1.82) is 0 Å². The molecule has 1 heterocycles. The average Bonchev–Trinajstić information content (AvgIpc) is 2.15. The maximum Gasteiger partial charge on any atom is 0.128 e. The Morgan fingerprint density at radius 3 is 2.79 bits per heavy atom. The van der Waals surface area contributed by atoms with Crippen molar-refractivity contribution in [2.75, 3.05) is 6.61 Å². The zero-order chi connectivity index (χ0) is 9.97. The number of nitrogens with zero attached hydrogens (tertiary/aromatic N) is 1. The van der Waals surface area contributed by atoms with Crippen LogP contribution >= 0.6 is 12.2 Å². The Labute approximate surface area is 88.6 Å². The van der Waals surface area contributed by atoms with E-state index in [2.05, 4.69) is 4.99 Å². The molecule has 0 fully saturated rings. The van der Waals surface area contributed by atoms with Gasteiger partial charge in [0.1, 0.15) is 10.7 Å². The van der Waals surface area contributed by atoms with Crippen LogP contribution in [0.2, 0.25) is 0 Å². The highest BCUT2D eigenvalue weighted by atomic mass is 32.1. The van der Waals surface area contributed by atoms with Crippen molar-refractivity contribution < 1.29 is 4.74 Å². The summed E-state index contributed by atoms with van der Waals surface area (Å²) in [6.45, 7) is 2.65. The number of hydrogen-bond donors (Lipinski definition) is 0. The molecule has 2 rings (SSSR count). The van der Waals surface area contributed by atoms with Gasteiger partial charge in [-0.05, 0) is 19.1 Å². The van der Waals surface area contributed by atoms with Crippen LogP contribution in [0.5, 0.6) is 5.75 Å². The van der Waals surface area contributed by atoms with Crippen LogP contribution in [0.1, 0.15) is 18.9 Å². The van der Waals surface area contributed by atoms with Gasteiger partial charge in [-0.25, -0.2) is 4.99 Å². The van der Waals surface area contributed by atoms with Gasteiger partial charge in [0.2, 0.25) is 0 Å². The number of ether oxygens (including phenoxy) is 1. The van der Waals surface area contributed by atoms with E-state index in [1.165, 1.54) is 0 Å². The molecule has 72 valence electrons. The second kappa shape index (κ2) is 3.88. The monoisotopic (exact) mass is 205 g/mol. The van der Waals surface area contributed by atoms with E-state index in [1.54, 1.807) is 0 Å². The van der Waals surface area contributed by atoms with E-state index in [1.807, 2.05) is 31.2 Å². The standard InChI is InChI=1S/C11H11NOS/c1-2-13-10-6-4-3-5-8(10)9-7-11(14)12-9/h3-6H,2,7H2,1H3.